The highest BCUT2D eigenvalue weighted by Gasteiger charge is 2.26. The predicted molar refractivity (Wildman–Crippen MR) is 77.8 cm³/mol. The first kappa shape index (κ1) is 15.7. The molecule has 0 saturated carbocycles. The number of carbonyl (C=O) groups excluding carboxylic acids is 2. The van der Waals surface area contributed by atoms with Crippen LogP contribution in [0.3, 0.4) is 0 Å². The molecule has 6 nitrogen and oxygen atoms in total. The largest absolute Gasteiger partial charge is 0.458 e. The molecule has 0 N–H and O–H groups in total. The molecular formula is C16H10F2N2O4. The average molecular weight is 332 g/mol. The second-order valence-electron chi connectivity index (χ2n) is 4.89. The maximum Gasteiger partial charge on any atom is 0.322 e. The third-order valence-corrected chi connectivity index (χ3v) is 3.23. The summed E-state index contributed by atoms with van der Waals surface area (Å²) in [6, 6.07) is 4.38. The number of carbonyl (C=O) groups is 2. The summed E-state index contributed by atoms with van der Waals surface area (Å²) in [5.41, 5.74) is 0.249. The maximum atomic E-state index is 13.7. The van der Waals surface area contributed by atoms with E-state index >= 15 is 0 Å². The predicted octanol–water partition coefficient (Wildman–Crippen LogP) is 2.45. The Hall–Kier alpha value is -3.16. The van der Waals surface area contributed by atoms with E-state index in [9.17, 15) is 18.4 Å². The minimum Gasteiger partial charge on any atom is -0.458 e. The summed E-state index contributed by atoms with van der Waals surface area (Å²) in [7, 11) is 0. The number of ether oxygens (including phenoxy) is 1. The van der Waals surface area contributed by atoms with Gasteiger partial charge in [0.2, 0.25) is 0 Å². The lowest BCUT2D eigenvalue weighted by Crippen LogP contribution is -2.24. The lowest BCUT2D eigenvalue weighted by Gasteiger charge is -2.09. The fraction of sp³-hybridized carbons (Fsp3) is 0.125. The van der Waals surface area contributed by atoms with Crippen LogP contribution < -0.4 is 0 Å². The lowest BCUT2D eigenvalue weighted by atomic mass is 10.1. The van der Waals surface area contributed by atoms with Crippen LogP contribution in [0, 0.1) is 17.6 Å². The third-order valence-electron chi connectivity index (χ3n) is 3.23. The van der Waals surface area contributed by atoms with E-state index in [4.69, 9.17) is 9.26 Å². The van der Waals surface area contributed by atoms with Gasteiger partial charge in [0.1, 0.15) is 23.9 Å². The highest BCUT2D eigenvalue weighted by atomic mass is 19.1. The van der Waals surface area contributed by atoms with Gasteiger partial charge in [-0.15, -0.1) is 0 Å². The minimum atomic E-state index is -1.09. The number of dihydropyridines is 1. The Balaban J connectivity index is 1.66. The van der Waals surface area contributed by atoms with Gasteiger partial charge in [0.25, 0.3) is 5.91 Å². The van der Waals surface area contributed by atoms with E-state index < -0.39 is 29.4 Å². The van der Waals surface area contributed by atoms with Gasteiger partial charge in [-0.05, 0) is 18.2 Å². The number of amides is 1. The molecule has 2 aromatic rings. The van der Waals surface area contributed by atoms with Crippen LogP contribution in [0.1, 0.15) is 5.69 Å². The number of rotatable bonds is 4. The molecule has 24 heavy (non-hydrogen) atoms. The van der Waals surface area contributed by atoms with Gasteiger partial charge < -0.3 is 9.26 Å². The van der Waals surface area contributed by atoms with Gasteiger partial charge in [-0.2, -0.15) is 0 Å². The summed E-state index contributed by atoms with van der Waals surface area (Å²) in [4.78, 5) is 26.8. The van der Waals surface area contributed by atoms with Crippen molar-refractivity contribution >= 4 is 18.1 Å². The van der Waals surface area contributed by atoms with Crippen molar-refractivity contribution in [3.63, 3.8) is 0 Å². The number of hydrogen-bond acceptors (Lipinski definition) is 5. The van der Waals surface area contributed by atoms with E-state index in [0.29, 0.717) is 0 Å². The van der Waals surface area contributed by atoms with Gasteiger partial charge in [0, 0.05) is 18.3 Å². The van der Waals surface area contributed by atoms with E-state index in [1.165, 1.54) is 30.5 Å². The maximum absolute atomic E-state index is 13.7. The summed E-state index contributed by atoms with van der Waals surface area (Å²) in [6.45, 7) is -0.257. The van der Waals surface area contributed by atoms with Crippen molar-refractivity contribution in [1.82, 2.24) is 5.16 Å². The van der Waals surface area contributed by atoms with Crippen molar-refractivity contribution in [3.05, 3.63) is 53.7 Å². The van der Waals surface area contributed by atoms with Crippen molar-refractivity contribution in [3.8, 4) is 11.3 Å². The summed E-state index contributed by atoms with van der Waals surface area (Å²) < 4.78 is 36.5. The van der Waals surface area contributed by atoms with Crippen LogP contribution in [0.2, 0.25) is 0 Å². The summed E-state index contributed by atoms with van der Waals surface area (Å²) >= 11 is 0. The molecule has 2 heterocycles. The van der Waals surface area contributed by atoms with Crippen LogP contribution in [0.25, 0.3) is 11.3 Å². The fourth-order valence-electron chi connectivity index (χ4n) is 2.05. The summed E-state index contributed by atoms with van der Waals surface area (Å²) in [5, 5.41) is 3.65. The normalized spacial score (nSPS) is 16.4. The summed E-state index contributed by atoms with van der Waals surface area (Å²) in [6.07, 6.45) is 4.13. The zero-order valence-corrected chi connectivity index (χ0v) is 12.1. The van der Waals surface area contributed by atoms with Gasteiger partial charge >= 0.3 is 5.97 Å². The van der Waals surface area contributed by atoms with Crippen molar-refractivity contribution < 1.29 is 27.6 Å². The molecular weight excluding hydrogens is 322 g/mol. The van der Waals surface area contributed by atoms with Gasteiger partial charge in [0.15, 0.2) is 11.7 Å². The minimum absolute atomic E-state index is 0.0289. The number of allylic oxidation sites excluding steroid dienone is 1. The molecule has 1 aliphatic heterocycles. The summed E-state index contributed by atoms with van der Waals surface area (Å²) in [5.74, 6) is -3.92. The molecule has 0 saturated heterocycles. The molecule has 0 fully saturated rings. The Morgan fingerprint density at radius 3 is 2.88 bits per heavy atom. The van der Waals surface area contributed by atoms with Crippen LogP contribution in [-0.2, 0) is 20.9 Å². The molecule has 1 aliphatic rings. The van der Waals surface area contributed by atoms with E-state index in [1.807, 2.05) is 0 Å². The Kier molecular flexibility index (Phi) is 4.28. The van der Waals surface area contributed by atoms with Gasteiger partial charge in [-0.1, -0.05) is 11.2 Å². The van der Waals surface area contributed by atoms with Crippen molar-refractivity contribution in [2.24, 2.45) is 10.9 Å². The molecule has 1 unspecified atom stereocenters. The van der Waals surface area contributed by atoms with E-state index in [0.717, 1.165) is 12.1 Å². The fourth-order valence-corrected chi connectivity index (χ4v) is 2.05. The molecule has 0 aliphatic carbocycles. The SMILES string of the molecule is O=C1N=CC=CC1C(=O)OCc1cc(-c2ccc(F)cc2F)on1. The van der Waals surface area contributed by atoms with E-state index in [1.54, 1.807) is 0 Å². The quantitative estimate of drug-likeness (QED) is 0.634. The van der Waals surface area contributed by atoms with Crippen LogP contribution in [-0.4, -0.2) is 23.2 Å². The molecule has 0 bridgehead atoms. The second-order valence-corrected chi connectivity index (χ2v) is 4.89. The molecule has 1 aromatic heterocycles. The first-order valence-corrected chi connectivity index (χ1v) is 6.87. The van der Waals surface area contributed by atoms with E-state index in [2.05, 4.69) is 10.1 Å². The lowest BCUT2D eigenvalue weighted by molar-refractivity contribution is -0.151. The molecule has 1 aromatic carbocycles. The second kappa shape index (κ2) is 6.53. The van der Waals surface area contributed by atoms with Gasteiger partial charge in [-0.3, -0.25) is 9.59 Å². The number of benzene rings is 1. The zero-order chi connectivity index (χ0) is 17.1. The molecule has 122 valence electrons. The highest BCUT2D eigenvalue weighted by Crippen LogP contribution is 2.24. The Morgan fingerprint density at radius 1 is 1.29 bits per heavy atom. The standard InChI is InChI=1S/C16H10F2N2O4/c17-9-3-4-11(13(18)6-9)14-7-10(20-24-14)8-23-16(22)12-2-1-5-19-15(12)21/h1-7,12H,8H2. The van der Waals surface area contributed by atoms with Crippen molar-refractivity contribution in [2.45, 2.75) is 6.61 Å². The van der Waals surface area contributed by atoms with E-state index in [-0.39, 0.29) is 23.6 Å². The number of hydrogen-bond donors (Lipinski definition) is 0. The van der Waals surface area contributed by atoms with Crippen LogP contribution >= 0.6 is 0 Å². The van der Waals surface area contributed by atoms with Crippen LogP contribution in [0.15, 0.2) is 45.9 Å². The number of aliphatic imine (C=N–C) groups is 1. The third kappa shape index (κ3) is 3.27. The zero-order valence-electron chi connectivity index (χ0n) is 12.1. The highest BCUT2D eigenvalue weighted by molar-refractivity contribution is 6.05. The number of esters is 1. The van der Waals surface area contributed by atoms with Crippen LogP contribution in [0.5, 0.6) is 0 Å². The molecule has 1 atom stereocenters. The smallest absolute Gasteiger partial charge is 0.322 e. The average Bonchev–Trinajstić information content (AvgIpc) is 3.01. The molecule has 0 radical (unpaired) electrons. The Bertz CT molecular complexity index is 858. The topological polar surface area (TPSA) is 81.8 Å². The van der Waals surface area contributed by atoms with Crippen molar-refractivity contribution in [1.29, 1.82) is 0 Å². The number of halogens is 2. The molecule has 3 rings (SSSR count). The molecule has 1 amide bonds. The number of nitrogens with zero attached hydrogens (tertiary/aromatic N) is 2. The monoisotopic (exact) mass is 332 g/mol. The van der Waals surface area contributed by atoms with Crippen molar-refractivity contribution in [2.75, 3.05) is 0 Å². The molecule has 8 heteroatoms. The van der Waals surface area contributed by atoms with Gasteiger partial charge in [-0.25, -0.2) is 13.8 Å². The molecule has 0 spiro atoms. The number of aromatic nitrogens is 1. The van der Waals surface area contributed by atoms with Crippen LogP contribution in [0.4, 0.5) is 8.78 Å². The Morgan fingerprint density at radius 2 is 2.12 bits per heavy atom. The first-order valence-electron chi connectivity index (χ1n) is 6.87. The van der Waals surface area contributed by atoms with Gasteiger partial charge in [0.05, 0.1) is 5.56 Å². The Labute approximate surface area is 134 Å². The first-order chi connectivity index (χ1) is 11.5.